The van der Waals surface area contributed by atoms with Crippen molar-refractivity contribution < 1.29 is 18.0 Å². The van der Waals surface area contributed by atoms with Crippen molar-refractivity contribution >= 4 is 27.5 Å². The van der Waals surface area contributed by atoms with Crippen LogP contribution in [0.3, 0.4) is 0 Å². The van der Waals surface area contributed by atoms with Crippen LogP contribution in [-0.2, 0) is 26.0 Å². The van der Waals surface area contributed by atoms with Gasteiger partial charge in [-0.15, -0.1) is 0 Å². The molecule has 0 aliphatic rings. The normalized spacial score (nSPS) is 12.1. The molecule has 2 aromatic carbocycles. The smallest absolute Gasteiger partial charge is 0.242 e. The van der Waals surface area contributed by atoms with Crippen LogP contribution in [0.4, 0.5) is 5.69 Å². The summed E-state index contributed by atoms with van der Waals surface area (Å²) in [5.74, 6) is -0.324. The standard InChI is InChI=1S/C28H41N3O4S/c1-6-7-18-29-28(33)24(4)30(20-17-25-12-9-8-10-13-25)27(32)14-11-19-31(36(5,34)35)26-16-15-22(2)23(3)21-26/h8-10,12-13,15-16,21,24H,6-7,11,14,17-20H2,1-5H3,(H,29,33). The van der Waals surface area contributed by atoms with Gasteiger partial charge in [0.05, 0.1) is 11.9 Å². The number of carbonyl (C=O) groups is 2. The first-order chi connectivity index (χ1) is 17.0. The molecule has 0 heterocycles. The maximum atomic E-state index is 13.3. The fourth-order valence-corrected chi connectivity index (χ4v) is 4.95. The van der Waals surface area contributed by atoms with Gasteiger partial charge >= 0.3 is 0 Å². The SMILES string of the molecule is CCCCNC(=O)C(C)N(CCc1ccccc1)C(=O)CCCN(c1ccc(C)c(C)c1)S(C)(=O)=O. The van der Waals surface area contributed by atoms with Gasteiger partial charge in [-0.1, -0.05) is 49.7 Å². The fraction of sp³-hybridized carbons (Fsp3) is 0.500. The van der Waals surface area contributed by atoms with Gasteiger partial charge in [0.25, 0.3) is 0 Å². The number of rotatable bonds is 14. The molecule has 0 aromatic heterocycles. The molecule has 0 saturated heterocycles. The van der Waals surface area contributed by atoms with Crippen LogP contribution in [-0.4, -0.2) is 57.1 Å². The van der Waals surface area contributed by atoms with Crippen molar-refractivity contribution in [1.29, 1.82) is 0 Å². The minimum atomic E-state index is -3.51. The van der Waals surface area contributed by atoms with Crippen LogP contribution >= 0.6 is 0 Å². The number of carbonyl (C=O) groups excluding carboxylic acids is 2. The van der Waals surface area contributed by atoms with Crippen molar-refractivity contribution in [2.45, 2.75) is 65.8 Å². The van der Waals surface area contributed by atoms with E-state index in [-0.39, 0.29) is 24.8 Å². The summed E-state index contributed by atoms with van der Waals surface area (Å²) in [6.07, 6.45) is 4.18. The predicted octanol–water partition coefficient (Wildman–Crippen LogP) is 4.23. The van der Waals surface area contributed by atoms with Crippen LogP contribution in [0.1, 0.15) is 56.2 Å². The number of nitrogens with one attached hydrogen (secondary N) is 1. The minimum Gasteiger partial charge on any atom is -0.354 e. The summed E-state index contributed by atoms with van der Waals surface area (Å²) < 4.78 is 26.3. The van der Waals surface area contributed by atoms with Crippen LogP contribution in [0, 0.1) is 13.8 Å². The number of amides is 2. The highest BCUT2D eigenvalue weighted by Gasteiger charge is 2.26. The summed E-state index contributed by atoms with van der Waals surface area (Å²) in [5.41, 5.74) is 3.78. The van der Waals surface area contributed by atoms with Gasteiger partial charge in [0.15, 0.2) is 0 Å². The van der Waals surface area contributed by atoms with E-state index in [4.69, 9.17) is 0 Å². The number of sulfonamides is 1. The van der Waals surface area contributed by atoms with Gasteiger partial charge in [0.1, 0.15) is 6.04 Å². The Morgan fingerprint density at radius 3 is 2.28 bits per heavy atom. The summed E-state index contributed by atoms with van der Waals surface area (Å²) >= 11 is 0. The molecule has 2 aromatic rings. The Hall–Kier alpha value is -2.87. The first kappa shape index (κ1) is 29.4. The fourth-order valence-electron chi connectivity index (χ4n) is 3.99. The molecule has 2 amide bonds. The maximum Gasteiger partial charge on any atom is 0.242 e. The number of benzene rings is 2. The number of hydrogen-bond donors (Lipinski definition) is 1. The highest BCUT2D eigenvalue weighted by molar-refractivity contribution is 7.92. The third-order valence-electron chi connectivity index (χ3n) is 6.41. The average Bonchev–Trinajstić information content (AvgIpc) is 2.83. The molecule has 2 rings (SSSR count). The zero-order chi connectivity index (χ0) is 26.7. The van der Waals surface area contributed by atoms with Crippen molar-refractivity contribution in [1.82, 2.24) is 10.2 Å². The summed E-state index contributed by atoms with van der Waals surface area (Å²) in [5, 5.41) is 2.92. The van der Waals surface area contributed by atoms with E-state index >= 15 is 0 Å². The van der Waals surface area contributed by atoms with Gasteiger partial charge in [-0.2, -0.15) is 0 Å². The topological polar surface area (TPSA) is 86.8 Å². The number of nitrogens with zero attached hydrogens (tertiary/aromatic N) is 2. The van der Waals surface area contributed by atoms with Crippen LogP contribution in [0.5, 0.6) is 0 Å². The minimum absolute atomic E-state index is 0.151. The molecule has 8 heteroatoms. The van der Waals surface area contributed by atoms with Crippen LogP contribution in [0.15, 0.2) is 48.5 Å². The van der Waals surface area contributed by atoms with Crippen molar-refractivity contribution in [2.75, 3.05) is 30.2 Å². The zero-order valence-electron chi connectivity index (χ0n) is 22.3. The molecule has 0 aliphatic heterocycles. The lowest BCUT2D eigenvalue weighted by molar-refractivity contribution is -0.139. The summed E-state index contributed by atoms with van der Waals surface area (Å²) in [7, 11) is -3.51. The molecule has 0 bridgehead atoms. The van der Waals surface area contributed by atoms with E-state index in [1.807, 2.05) is 56.3 Å². The highest BCUT2D eigenvalue weighted by Crippen LogP contribution is 2.22. The van der Waals surface area contributed by atoms with E-state index in [2.05, 4.69) is 12.2 Å². The summed E-state index contributed by atoms with van der Waals surface area (Å²) in [6, 6.07) is 14.8. The number of unbranched alkanes of at least 4 members (excludes halogenated alkanes) is 1. The Kier molecular flexibility index (Phi) is 11.4. The molecule has 36 heavy (non-hydrogen) atoms. The van der Waals surface area contributed by atoms with E-state index in [0.717, 1.165) is 29.5 Å². The lowest BCUT2D eigenvalue weighted by Gasteiger charge is -2.29. The number of anilines is 1. The molecule has 198 valence electrons. The van der Waals surface area contributed by atoms with Gasteiger partial charge in [0.2, 0.25) is 21.8 Å². The van der Waals surface area contributed by atoms with E-state index in [1.165, 1.54) is 10.6 Å². The Morgan fingerprint density at radius 2 is 1.67 bits per heavy atom. The summed E-state index contributed by atoms with van der Waals surface area (Å²) in [6.45, 7) is 8.92. The Balaban J connectivity index is 2.10. The van der Waals surface area contributed by atoms with Crippen molar-refractivity contribution in [3.05, 3.63) is 65.2 Å². The van der Waals surface area contributed by atoms with Crippen LogP contribution < -0.4 is 9.62 Å². The first-order valence-corrected chi connectivity index (χ1v) is 14.6. The molecule has 0 aliphatic carbocycles. The molecule has 0 fully saturated rings. The predicted molar refractivity (Wildman–Crippen MR) is 147 cm³/mol. The molecule has 1 unspecified atom stereocenters. The van der Waals surface area contributed by atoms with E-state index < -0.39 is 16.1 Å². The monoisotopic (exact) mass is 515 g/mol. The Morgan fingerprint density at radius 1 is 0.972 bits per heavy atom. The van der Waals surface area contributed by atoms with E-state index in [1.54, 1.807) is 17.9 Å². The average molecular weight is 516 g/mol. The molecule has 1 N–H and O–H groups in total. The lowest BCUT2D eigenvalue weighted by atomic mass is 10.1. The highest BCUT2D eigenvalue weighted by atomic mass is 32.2. The third-order valence-corrected chi connectivity index (χ3v) is 7.61. The first-order valence-electron chi connectivity index (χ1n) is 12.7. The second-order valence-corrected chi connectivity index (χ2v) is 11.3. The molecule has 0 radical (unpaired) electrons. The maximum absolute atomic E-state index is 13.3. The Bertz CT molecular complexity index is 1100. The second kappa shape index (κ2) is 14.0. The van der Waals surface area contributed by atoms with Crippen LogP contribution in [0.25, 0.3) is 0 Å². The van der Waals surface area contributed by atoms with Gasteiger partial charge in [-0.25, -0.2) is 8.42 Å². The molecular formula is C28H41N3O4S. The van der Waals surface area contributed by atoms with Crippen molar-refractivity contribution in [2.24, 2.45) is 0 Å². The van der Waals surface area contributed by atoms with Gasteiger partial charge < -0.3 is 10.2 Å². The van der Waals surface area contributed by atoms with E-state index in [0.29, 0.717) is 31.6 Å². The molecule has 0 saturated carbocycles. The van der Waals surface area contributed by atoms with Crippen molar-refractivity contribution in [3.8, 4) is 0 Å². The second-order valence-electron chi connectivity index (χ2n) is 9.35. The van der Waals surface area contributed by atoms with Crippen molar-refractivity contribution in [3.63, 3.8) is 0 Å². The van der Waals surface area contributed by atoms with Gasteiger partial charge in [-0.3, -0.25) is 13.9 Å². The zero-order valence-corrected chi connectivity index (χ0v) is 23.1. The molecular weight excluding hydrogens is 474 g/mol. The van der Waals surface area contributed by atoms with Gasteiger partial charge in [-0.05, 0) is 68.9 Å². The van der Waals surface area contributed by atoms with Crippen LogP contribution in [0.2, 0.25) is 0 Å². The summed E-state index contributed by atoms with van der Waals surface area (Å²) in [4.78, 5) is 27.6. The van der Waals surface area contributed by atoms with E-state index in [9.17, 15) is 18.0 Å². The quantitative estimate of drug-likeness (QED) is 0.382. The molecule has 0 spiro atoms. The molecule has 1 atom stereocenters. The lowest BCUT2D eigenvalue weighted by Crippen LogP contribution is -2.49. The third kappa shape index (κ3) is 8.97. The van der Waals surface area contributed by atoms with Gasteiger partial charge in [0, 0.05) is 26.1 Å². The number of aryl methyl sites for hydroxylation is 2. The Labute approximate surface area is 216 Å². The largest absolute Gasteiger partial charge is 0.354 e. The molecule has 7 nitrogen and oxygen atoms in total. The number of hydrogen-bond acceptors (Lipinski definition) is 4.